The van der Waals surface area contributed by atoms with Gasteiger partial charge in [-0.25, -0.2) is 0 Å². The third kappa shape index (κ3) is 2.26. The average molecular weight is 207 g/mol. The molecule has 0 radical (unpaired) electrons. The van der Waals surface area contributed by atoms with Crippen molar-refractivity contribution in [3.05, 3.63) is 24.5 Å². The maximum absolute atomic E-state index is 4.54. The first kappa shape index (κ1) is 9.52. The molecule has 1 aromatic heterocycles. The number of amidine groups is 1. The Kier molecular flexibility index (Phi) is 3.03. The molecular weight excluding hydrogens is 194 g/mol. The molecule has 0 amide bonds. The van der Waals surface area contributed by atoms with Crippen LogP contribution in [0.5, 0.6) is 0 Å². The van der Waals surface area contributed by atoms with Crippen LogP contribution in [-0.2, 0) is 0 Å². The number of hydrogen-bond acceptors (Lipinski definition) is 4. The number of nitrogens with one attached hydrogen (secondary N) is 1. The normalized spacial score (nSPS) is 20.6. The number of rotatable bonds is 2. The Morgan fingerprint density at radius 1 is 1.64 bits per heavy atom. The highest BCUT2D eigenvalue weighted by molar-refractivity contribution is 8.14. The second kappa shape index (κ2) is 4.46. The van der Waals surface area contributed by atoms with Gasteiger partial charge in [0, 0.05) is 11.9 Å². The fraction of sp³-hybridized carbons (Fsp3) is 0.400. The summed E-state index contributed by atoms with van der Waals surface area (Å²) in [5, 5.41) is 4.27. The van der Waals surface area contributed by atoms with Crippen molar-refractivity contribution in [2.45, 2.75) is 19.4 Å². The highest BCUT2D eigenvalue weighted by Gasteiger charge is 2.15. The van der Waals surface area contributed by atoms with Gasteiger partial charge in [0.1, 0.15) is 0 Å². The van der Waals surface area contributed by atoms with Crippen LogP contribution < -0.4 is 5.32 Å². The first-order valence-corrected chi connectivity index (χ1v) is 5.74. The lowest BCUT2D eigenvalue weighted by molar-refractivity contribution is 0.738. The predicted molar refractivity (Wildman–Crippen MR) is 61.8 cm³/mol. The van der Waals surface area contributed by atoms with Crippen LogP contribution in [0.2, 0.25) is 0 Å². The van der Waals surface area contributed by atoms with E-state index in [4.69, 9.17) is 0 Å². The van der Waals surface area contributed by atoms with Crippen LogP contribution in [0, 0.1) is 0 Å². The summed E-state index contributed by atoms with van der Waals surface area (Å²) < 4.78 is 0. The van der Waals surface area contributed by atoms with E-state index in [1.54, 1.807) is 18.0 Å². The standard InChI is InChI=1S/C10H13N3S/c1-2-8-7-14-10(12-8)13-9-4-3-5-11-6-9/h3-6,8H,2,7H2,1H3,(H,12,13)/t8-/m1/s1. The van der Waals surface area contributed by atoms with Gasteiger partial charge in [-0.1, -0.05) is 18.7 Å². The van der Waals surface area contributed by atoms with E-state index in [0.717, 1.165) is 23.0 Å². The Labute approximate surface area is 88.0 Å². The van der Waals surface area contributed by atoms with E-state index in [1.165, 1.54) is 0 Å². The lowest BCUT2D eigenvalue weighted by atomic mass is 10.3. The number of aromatic nitrogens is 1. The monoisotopic (exact) mass is 207 g/mol. The molecule has 1 aliphatic rings. The van der Waals surface area contributed by atoms with Gasteiger partial charge in [0.15, 0.2) is 5.17 Å². The largest absolute Gasteiger partial charge is 0.334 e. The molecule has 0 saturated heterocycles. The summed E-state index contributed by atoms with van der Waals surface area (Å²) in [6.07, 6.45) is 4.69. The molecule has 1 aromatic rings. The third-order valence-electron chi connectivity index (χ3n) is 2.10. The number of anilines is 1. The van der Waals surface area contributed by atoms with Crippen molar-refractivity contribution in [1.29, 1.82) is 0 Å². The predicted octanol–water partition coefficient (Wildman–Crippen LogP) is 2.37. The maximum Gasteiger partial charge on any atom is 0.161 e. The molecule has 1 aliphatic heterocycles. The zero-order valence-electron chi connectivity index (χ0n) is 8.10. The van der Waals surface area contributed by atoms with Gasteiger partial charge in [0.2, 0.25) is 0 Å². The second-order valence-corrected chi connectivity index (χ2v) is 4.18. The number of aliphatic imine (C=N–C) groups is 1. The lowest BCUT2D eigenvalue weighted by Gasteiger charge is -2.02. The Morgan fingerprint density at radius 3 is 3.21 bits per heavy atom. The minimum Gasteiger partial charge on any atom is -0.334 e. The molecule has 74 valence electrons. The van der Waals surface area contributed by atoms with Crippen molar-refractivity contribution in [2.75, 3.05) is 11.1 Å². The fourth-order valence-corrected chi connectivity index (χ4v) is 2.33. The molecule has 2 rings (SSSR count). The molecule has 14 heavy (non-hydrogen) atoms. The Morgan fingerprint density at radius 2 is 2.57 bits per heavy atom. The molecule has 2 heterocycles. The number of hydrogen-bond donors (Lipinski definition) is 1. The van der Waals surface area contributed by atoms with Crippen LogP contribution >= 0.6 is 11.8 Å². The fourth-order valence-electron chi connectivity index (χ4n) is 1.25. The van der Waals surface area contributed by atoms with Crippen LogP contribution in [0.15, 0.2) is 29.5 Å². The minimum absolute atomic E-state index is 0.485. The van der Waals surface area contributed by atoms with Crippen LogP contribution in [0.1, 0.15) is 13.3 Å². The van der Waals surface area contributed by atoms with E-state index < -0.39 is 0 Å². The van der Waals surface area contributed by atoms with Crippen molar-refractivity contribution < 1.29 is 0 Å². The molecule has 0 unspecified atom stereocenters. The van der Waals surface area contributed by atoms with E-state index in [-0.39, 0.29) is 0 Å². The van der Waals surface area contributed by atoms with E-state index >= 15 is 0 Å². The van der Waals surface area contributed by atoms with Gasteiger partial charge in [-0.15, -0.1) is 0 Å². The molecule has 0 spiro atoms. The molecule has 0 aliphatic carbocycles. The zero-order chi connectivity index (χ0) is 9.80. The van der Waals surface area contributed by atoms with Crippen molar-refractivity contribution in [2.24, 2.45) is 4.99 Å². The number of thioether (sulfide) groups is 1. The highest BCUT2D eigenvalue weighted by Crippen LogP contribution is 2.21. The molecular formula is C10H13N3S. The van der Waals surface area contributed by atoms with E-state index in [0.29, 0.717) is 6.04 Å². The molecule has 0 saturated carbocycles. The molecule has 1 atom stereocenters. The number of pyridine rings is 1. The van der Waals surface area contributed by atoms with E-state index in [9.17, 15) is 0 Å². The van der Waals surface area contributed by atoms with Crippen molar-refractivity contribution in [1.82, 2.24) is 4.98 Å². The van der Waals surface area contributed by atoms with E-state index in [2.05, 4.69) is 22.2 Å². The van der Waals surface area contributed by atoms with Gasteiger partial charge < -0.3 is 5.32 Å². The first-order valence-electron chi connectivity index (χ1n) is 4.76. The molecule has 4 heteroatoms. The Balaban J connectivity index is 1.99. The van der Waals surface area contributed by atoms with Gasteiger partial charge in [-0.05, 0) is 18.6 Å². The number of nitrogens with zero attached hydrogens (tertiary/aromatic N) is 2. The van der Waals surface area contributed by atoms with Gasteiger partial charge >= 0.3 is 0 Å². The zero-order valence-corrected chi connectivity index (χ0v) is 8.92. The van der Waals surface area contributed by atoms with Gasteiger partial charge in [0.25, 0.3) is 0 Å². The van der Waals surface area contributed by atoms with Crippen molar-refractivity contribution in [3.8, 4) is 0 Å². The van der Waals surface area contributed by atoms with Gasteiger partial charge in [-0.2, -0.15) is 0 Å². The summed E-state index contributed by atoms with van der Waals surface area (Å²) in [4.78, 5) is 8.58. The van der Waals surface area contributed by atoms with Crippen molar-refractivity contribution >= 4 is 22.6 Å². The Bertz CT molecular complexity index is 323. The smallest absolute Gasteiger partial charge is 0.161 e. The minimum atomic E-state index is 0.485. The average Bonchev–Trinajstić information content (AvgIpc) is 2.67. The van der Waals surface area contributed by atoms with Gasteiger partial charge in [0.05, 0.1) is 17.9 Å². The third-order valence-corrected chi connectivity index (χ3v) is 3.13. The van der Waals surface area contributed by atoms with Crippen LogP contribution in [0.25, 0.3) is 0 Å². The van der Waals surface area contributed by atoms with Crippen LogP contribution in [-0.4, -0.2) is 21.9 Å². The first-order chi connectivity index (χ1) is 6.88. The topological polar surface area (TPSA) is 37.3 Å². The second-order valence-electron chi connectivity index (χ2n) is 3.17. The summed E-state index contributed by atoms with van der Waals surface area (Å²) >= 11 is 1.78. The Hall–Kier alpha value is -1.03. The molecule has 0 aromatic carbocycles. The SMILES string of the molecule is CC[C@@H]1CSC(Nc2cccnc2)=N1. The summed E-state index contributed by atoms with van der Waals surface area (Å²) in [5.41, 5.74) is 1.01. The molecule has 0 fully saturated rings. The van der Waals surface area contributed by atoms with E-state index in [1.807, 2.05) is 18.3 Å². The van der Waals surface area contributed by atoms with Crippen LogP contribution in [0.3, 0.4) is 0 Å². The molecule has 0 bridgehead atoms. The summed E-state index contributed by atoms with van der Waals surface area (Å²) in [7, 11) is 0. The highest BCUT2D eigenvalue weighted by atomic mass is 32.2. The maximum atomic E-state index is 4.54. The summed E-state index contributed by atoms with van der Waals surface area (Å²) in [6.45, 7) is 2.17. The summed E-state index contributed by atoms with van der Waals surface area (Å²) in [6, 6.07) is 4.40. The van der Waals surface area contributed by atoms with Crippen LogP contribution in [0.4, 0.5) is 5.69 Å². The molecule has 1 N–H and O–H groups in total. The summed E-state index contributed by atoms with van der Waals surface area (Å²) in [5.74, 6) is 1.10. The molecule has 3 nitrogen and oxygen atoms in total. The quantitative estimate of drug-likeness (QED) is 0.809. The van der Waals surface area contributed by atoms with Gasteiger partial charge in [-0.3, -0.25) is 9.98 Å². The van der Waals surface area contributed by atoms with Crippen molar-refractivity contribution in [3.63, 3.8) is 0 Å². The lowest BCUT2D eigenvalue weighted by Crippen LogP contribution is -2.05.